The van der Waals surface area contributed by atoms with Gasteiger partial charge >= 0.3 is 0 Å². The molecule has 0 radical (unpaired) electrons. The fourth-order valence-electron chi connectivity index (χ4n) is 4.69. The minimum atomic E-state index is 0.916. The Morgan fingerprint density at radius 1 is 0.643 bits per heavy atom. The molecular weight excluding hydrogens is 340 g/mol. The SMILES string of the molecule is CCN1c2ccccc2-c2ccccc2-n2c1cc1c3ccccc3ccc12. The fraction of sp³-hybridized carbons (Fsp3) is 0.0769. The maximum atomic E-state index is 2.43. The Kier molecular flexibility index (Phi) is 3.18. The van der Waals surface area contributed by atoms with Crippen molar-refractivity contribution in [1.82, 2.24) is 4.57 Å². The van der Waals surface area contributed by atoms with Crippen molar-refractivity contribution in [1.29, 1.82) is 0 Å². The normalized spacial score (nSPS) is 12.5. The van der Waals surface area contributed by atoms with Crippen LogP contribution in [0.1, 0.15) is 6.92 Å². The minimum absolute atomic E-state index is 0.916. The highest BCUT2D eigenvalue weighted by atomic mass is 15.3. The topological polar surface area (TPSA) is 8.17 Å². The maximum Gasteiger partial charge on any atom is 0.118 e. The Morgan fingerprint density at radius 2 is 1.32 bits per heavy atom. The van der Waals surface area contributed by atoms with Gasteiger partial charge in [-0.1, -0.05) is 66.7 Å². The lowest BCUT2D eigenvalue weighted by molar-refractivity contribution is 0.968. The summed E-state index contributed by atoms with van der Waals surface area (Å²) >= 11 is 0. The third-order valence-corrected chi connectivity index (χ3v) is 5.91. The summed E-state index contributed by atoms with van der Waals surface area (Å²) in [6, 6.07) is 33.0. The van der Waals surface area contributed by atoms with Crippen LogP contribution in [0, 0.1) is 0 Å². The predicted octanol–water partition coefficient (Wildman–Crippen LogP) is 6.92. The Labute approximate surface area is 164 Å². The minimum Gasteiger partial charge on any atom is -0.327 e. The van der Waals surface area contributed by atoms with Gasteiger partial charge in [0.15, 0.2) is 0 Å². The number of para-hydroxylation sites is 2. The number of fused-ring (bicyclic) bond motifs is 9. The lowest BCUT2D eigenvalue weighted by atomic mass is 10.0. The molecule has 2 heteroatoms. The molecule has 2 nitrogen and oxygen atoms in total. The summed E-state index contributed by atoms with van der Waals surface area (Å²) in [4.78, 5) is 2.43. The molecule has 0 fully saturated rings. The van der Waals surface area contributed by atoms with Gasteiger partial charge in [-0.2, -0.15) is 0 Å². The quantitative estimate of drug-likeness (QED) is 0.315. The molecule has 0 N–H and O–H groups in total. The van der Waals surface area contributed by atoms with Gasteiger partial charge in [0, 0.05) is 23.1 Å². The summed E-state index contributed by atoms with van der Waals surface area (Å²) in [7, 11) is 0. The highest BCUT2D eigenvalue weighted by Gasteiger charge is 2.25. The van der Waals surface area contributed by atoms with E-state index in [4.69, 9.17) is 0 Å². The Bertz CT molecular complexity index is 1360. The summed E-state index contributed by atoms with van der Waals surface area (Å²) in [6.07, 6.45) is 0. The van der Waals surface area contributed by atoms with Crippen molar-refractivity contribution in [3.8, 4) is 16.8 Å². The molecule has 28 heavy (non-hydrogen) atoms. The van der Waals surface area contributed by atoms with Crippen LogP contribution in [0.25, 0.3) is 38.5 Å². The number of anilines is 2. The number of aromatic nitrogens is 1. The van der Waals surface area contributed by atoms with Gasteiger partial charge in [0.1, 0.15) is 5.82 Å². The van der Waals surface area contributed by atoms with Crippen molar-refractivity contribution in [3.63, 3.8) is 0 Å². The van der Waals surface area contributed by atoms with Crippen LogP contribution in [0.3, 0.4) is 0 Å². The lowest BCUT2D eigenvalue weighted by Crippen LogP contribution is -2.18. The van der Waals surface area contributed by atoms with E-state index in [0.717, 1.165) is 6.54 Å². The van der Waals surface area contributed by atoms with Gasteiger partial charge in [-0.25, -0.2) is 0 Å². The molecule has 0 bridgehead atoms. The zero-order chi connectivity index (χ0) is 18.7. The first-order valence-corrected chi connectivity index (χ1v) is 9.86. The first-order chi connectivity index (χ1) is 13.9. The van der Waals surface area contributed by atoms with Gasteiger partial charge in [-0.15, -0.1) is 0 Å². The molecule has 1 aliphatic rings. The van der Waals surface area contributed by atoms with E-state index in [1.165, 1.54) is 50.0 Å². The van der Waals surface area contributed by atoms with Crippen molar-refractivity contribution < 1.29 is 0 Å². The van der Waals surface area contributed by atoms with Crippen molar-refractivity contribution >= 4 is 33.2 Å². The van der Waals surface area contributed by atoms with Gasteiger partial charge < -0.3 is 4.90 Å². The molecule has 4 aromatic carbocycles. The van der Waals surface area contributed by atoms with E-state index in [-0.39, 0.29) is 0 Å². The molecule has 0 atom stereocenters. The van der Waals surface area contributed by atoms with Crippen molar-refractivity contribution in [3.05, 3.63) is 91.0 Å². The number of hydrogen-bond donors (Lipinski definition) is 0. The highest BCUT2D eigenvalue weighted by Crippen LogP contribution is 2.46. The zero-order valence-electron chi connectivity index (χ0n) is 15.8. The molecule has 0 unspecified atom stereocenters. The van der Waals surface area contributed by atoms with Gasteiger partial charge in [0.25, 0.3) is 0 Å². The van der Waals surface area contributed by atoms with Crippen molar-refractivity contribution in [2.75, 3.05) is 11.4 Å². The van der Waals surface area contributed by atoms with Crippen LogP contribution in [0.4, 0.5) is 11.5 Å². The lowest BCUT2D eigenvalue weighted by Gasteiger charge is -2.23. The fourth-order valence-corrected chi connectivity index (χ4v) is 4.69. The van der Waals surface area contributed by atoms with Gasteiger partial charge in [0.2, 0.25) is 0 Å². The Hall–Kier alpha value is -3.52. The largest absolute Gasteiger partial charge is 0.327 e. The molecule has 1 aromatic heterocycles. The van der Waals surface area contributed by atoms with Crippen LogP contribution in [0.15, 0.2) is 91.0 Å². The third kappa shape index (κ3) is 1.97. The number of nitrogens with zero attached hydrogens (tertiary/aromatic N) is 2. The first-order valence-electron chi connectivity index (χ1n) is 9.86. The zero-order valence-corrected chi connectivity index (χ0v) is 15.8. The van der Waals surface area contributed by atoms with Gasteiger partial charge in [-0.3, -0.25) is 4.57 Å². The monoisotopic (exact) mass is 360 g/mol. The van der Waals surface area contributed by atoms with Crippen LogP contribution < -0.4 is 4.90 Å². The number of benzene rings is 4. The second kappa shape index (κ2) is 5.74. The molecule has 1 aliphatic heterocycles. The summed E-state index contributed by atoms with van der Waals surface area (Å²) in [6.45, 7) is 3.14. The van der Waals surface area contributed by atoms with Crippen LogP contribution in [0.5, 0.6) is 0 Å². The Balaban J connectivity index is 1.82. The van der Waals surface area contributed by atoms with E-state index in [0.29, 0.717) is 0 Å². The molecule has 0 spiro atoms. The smallest absolute Gasteiger partial charge is 0.118 e. The van der Waals surface area contributed by atoms with E-state index in [1.54, 1.807) is 0 Å². The van der Waals surface area contributed by atoms with Crippen molar-refractivity contribution in [2.24, 2.45) is 0 Å². The molecule has 6 rings (SSSR count). The molecule has 0 amide bonds. The summed E-state index contributed by atoms with van der Waals surface area (Å²) < 4.78 is 2.43. The molecular formula is C26H20N2. The third-order valence-electron chi connectivity index (χ3n) is 5.91. The standard InChI is InChI=1S/C26H20N2/c1-2-27-23-13-7-5-11-20(23)21-12-6-8-14-24(21)28-25-16-15-18-9-3-4-10-19(18)22(25)17-26(27)28/h3-17H,2H2,1H3. The van der Waals surface area contributed by atoms with E-state index in [2.05, 4.69) is 107 Å². The predicted molar refractivity (Wildman–Crippen MR) is 119 cm³/mol. The number of hydrogen-bond acceptors (Lipinski definition) is 1. The van der Waals surface area contributed by atoms with E-state index >= 15 is 0 Å². The number of rotatable bonds is 1. The molecule has 5 aromatic rings. The Morgan fingerprint density at radius 3 is 2.14 bits per heavy atom. The highest BCUT2D eigenvalue weighted by molar-refractivity contribution is 6.10. The second-order valence-electron chi connectivity index (χ2n) is 7.34. The molecule has 134 valence electrons. The van der Waals surface area contributed by atoms with E-state index < -0.39 is 0 Å². The molecule has 0 saturated carbocycles. The van der Waals surface area contributed by atoms with E-state index in [1.807, 2.05) is 0 Å². The van der Waals surface area contributed by atoms with E-state index in [9.17, 15) is 0 Å². The van der Waals surface area contributed by atoms with Crippen LogP contribution in [0.2, 0.25) is 0 Å². The van der Waals surface area contributed by atoms with Crippen LogP contribution in [-0.4, -0.2) is 11.1 Å². The molecule has 0 saturated heterocycles. The summed E-state index contributed by atoms with van der Waals surface area (Å²) in [5, 5.41) is 3.90. The van der Waals surface area contributed by atoms with Crippen molar-refractivity contribution in [2.45, 2.75) is 6.92 Å². The second-order valence-corrected chi connectivity index (χ2v) is 7.34. The molecule has 2 heterocycles. The first kappa shape index (κ1) is 15.5. The van der Waals surface area contributed by atoms with Gasteiger partial charge in [0.05, 0.1) is 16.9 Å². The average molecular weight is 360 g/mol. The summed E-state index contributed by atoms with van der Waals surface area (Å²) in [5.74, 6) is 1.23. The maximum absolute atomic E-state index is 2.43. The van der Waals surface area contributed by atoms with Crippen LogP contribution >= 0.6 is 0 Å². The van der Waals surface area contributed by atoms with Gasteiger partial charge in [-0.05, 0) is 42.0 Å². The average Bonchev–Trinajstić information content (AvgIpc) is 3.09. The molecule has 0 aliphatic carbocycles. The summed E-state index contributed by atoms with van der Waals surface area (Å²) in [5.41, 5.74) is 6.33. The van der Waals surface area contributed by atoms with Crippen LogP contribution in [-0.2, 0) is 0 Å².